The standard InChI is InChI=1S/C57H29F9N2O2/c58-55(59,60)32-13-9-11-30(27-32)42-29-43(31-12-10-14-33(28-31)56(61,62)63)50(68-45-20-6-2-16-35(45)39-24-26-41-37-18-4-8-22-47(37)70-54(41)52(39)68)48(57(64,65)66)49(42)67-44-19-5-1-15-34(44)38-23-25-40-36-17-3-7-21-46(36)69-53(40)51(38)67/h1-29H. The summed E-state index contributed by atoms with van der Waals surface area (Å²) in [5.74, 6) is 0. The maximum atomic E-state index is 17.6. The first-order valence-electron chi connectivity index (χ1n) is 22.0. The summed E-state index contributed by atoms with van der Waals surface area (Å²) in [6.45, 7) is 0. The number of halogens is 9. The lowest BCUT2D eigenvalue weighted by molar-refractivity contribution is -0.138. The second kappa shape index (κ2) is 14.5. The molecule has 0 spiro atoms. The van der Waals surface area contributed by atoms with E-state index in [0.29, 0.717) is 54.3 Å². The molecule has 70 heavy (non-hydrogen) atoms. The van der Waals surface area contributed by atoms with Gasteiger partial charge >= 0.3 is 18.5 Å². The number of aromatic nitrogens is 2. The van der Waals surface area contributed by atoms with Gasteiger partial charge in [0.25, 0.3) is 0 Å². The van der Waals surface area contributed by atoms with Crippen LogP contribution in [-0.2, 0) is 18.5 Å². The minimum Gasteiger partial charge on any atom is -0.454 e. The van der Waals surface area contributed by atoms with Crippen molar-refractivity contribution < 1.29 is 48.3 Å². The van der Waals surface area contributed by atoms with E-state index < -0.39 is 46.6 Å². The van der Waals surface area contributed by atoms with Crippen LogP contribution in [0.4, 0.5) is 39.5 Å². The Hall–Kier alpha value is -8.45. The van der Waals surface area contributed by atoms with Gasteiger partial charge in [-0.05, 0) is 77.9 Å². The minimum atomic E-state index is -5.39. The fourth-order valence-corrected chi connectivity index (χ4v) is 10.5. The second-order valence-electron chi connectivity index (χ2n) is 17.3. The lowest BCUT2D eigenvalue weighted by atomic mass is 9.89. The molecule has 13 heteroatoms. The molecule has 0 bridgehead atoms. The molecule has 0 aliphatic carbocycles. The van der Waals surface area contributed by atoms with Crippen LogP contribution in [0.5, 0.6) is 0 Å². The Kier molecular flexibility index (Phi) is 8.66. The van der Waals surface area contributed by atoms with Crippen molar-refractivity contribution in [3.05, 3.63) is 193 Å². The van der Waals surface area contributed by atoms with Crippen molar-refractivity contribution in [2.45, 2.75) is 18.5 Å². The highest BCUT2D eigenvalue weighted by Gasteiger charge is 2.43. The zero-order chi connectivity index (χ0) is 48.0. The van der Waals surface area contributed by atoms with E-state index in [0.717, 1.165) is 36.4 Å². The van der Waals surface area contributed by atoms with Crippen LogP contribution in [0, 0.1) is 0 Å². The zero-order valence-electron chi connectivity index (χ0n) is 35.9. The average molecular weight is 945 g/mol. The molecule has 0 aliphatic rings. The maximum absolute atomic E-state index is 17.6. The quantitative estimate of drug-likeness (QED) is 0.165. The molecule has 0 amide bonds. The van der Waals surface area contributed by atoms with E-state index in [-0.39, 0.29) is 55.5 Å². The zero-order valence-corrected chi connectivity index (χ0v) is 35.9. The highest BCUT2D eigenvalue weighted by atomic mass is 19.4. The van der Waals surface area contributed by atoms with Crippen molar-refractivity contribution in [1.82, 2.24) is 9.13 Å². The SMILES string of the molecule is FC(F)(F)c1cccc(-c2cc(-c3cccc(C(F)(F)F)c3)c(-n3c4ccccc4c4ccc5c6ccccc6oc5c43)c(C(F)(F)F)c2-n2c3ccccc3c3ccc4c5ccccc5oc4c32)c1. The third-order valence-electron chi connectivity index (χ3n) is 13.4. The van der Waals surface area contributed by atoms with E-state index in [2.05, 4.69) is 0 Å². The van der Waals surface area contributed by atoms with Gasteiger partial charge in [-0.2, -0.15) is 39.5 Å². The second-order valence-corrected chi connectivity index (χ2v) is 17.3. The first kappa shape index (κ1) is 41.7. The van der Waals surface area contributed by atoms with E-state index >= 15 is 13.2 Å². The summed E-state index contributed by atoms with van der Waals surface area (Å²) in [4.78, 5) is 0. The van der Waals surface area contributed by atoms with Crippen molar-refractivity contribution in [2.75, 3.05) is 0 Å². The van der Waals surface area contributed by atoms with Crippen LogP contribution in [0.2, 0.25) is 0 Å². The van der Waals surface area contributed by atoms with Crippen LogP contribution in [0.15, 0.2) is 185 Å². The van der Waals surface area contributed by atoms with Crippen LogP contribution in [-0.4, -0.2) is 9.13 Å². The number of hydrogen-bond donors (Lipinski definition) is 0. The van der Waals surface area contributed by atoms with Gasteiger partial charge in [-0.25, -0.2) is 0 Å². The average Bonchev–Trinajstić information content (AvgIpc) is 4.10. The molecule has 13 aromatic rings. The van der Waals surface area contributed by atoms with Crippen LogP contribution in [0.3, 0.4) is 0 Å². The van der Waals surface area contributed by atoms with Gasteiger partial charge in [0.1, 0.15) is 16.7 Å². The molecule has 342 valence electrons. The molecule has 0 aliphatic heterocycles. The predicted octanol–water partition coefficient (Wildman–Crippen LogP) is 18.1. The van der Waals surface area contributed by atoms with Crippen LogP contribution >= 0.6 is 0 Å². The normalized spacial score (nSPS) is 12.9. The minimum absolute atomic E-state index is 0.188. The molecule has 0 radical (unpaired) electrons. The molecular formula is C57H29F9N2O2. The van der Waals surface area contributed by atoms with Crippen LogP contribution < -0.4 is 0 Å². The van der Waals surface area contributed by atoms with Crippen molar-refractivity contribution in [3.8, 4) is 33.6 Å². The smallest absolute Gasteiger partial charge is 0.420 e. The van der Waals surface area contributed by atoms with Crippen molar-refractivity contribution in [2.24, 2.45) is 0 Å². The molecule has 9 aromatic carbocycles. The summed E-state index contributed by atoms with van der Waals surface area (Å²) in [5, 5.41) is 4.45. The summed E-state index contributed by atoms with van der Waals surface area (Å²) in [6, 6.07) is 44.0. The Morgan fingerprint density at radius 1 is 0.329 bits per heavy atom. The largest absolute Gasteiger partial charge is 0.454 e. The number of fused-ring (bicyclic) bond motifs is 14. The molecule has 0 unspecified atom stereocenters. The number of benzene rings is 9. The van der Waals surface area contributed by atoms with E-state index in [9.17, 15) is 26.3 Å². The molecule has 13 rings (SSSR count). The van der Waals surface area contributed by atoms with E-state index in [4.69, 9.17) is 8.83 Å². The monoisotopic (exact) mass is 944 g/mol. The van der Waals surface area contributed by atoms with Gasteiger partial charge < -0.3 is 18.0 Å². The van der Waals surface area contributed by atoms with E-state index in [1.165, 1.54) is 27.3 Å². The van der Waals surface area contributed by atoms with E-state index in [1.54, 1.807) is 97.1 Å². The van der Waals surface area contributed by atoms with Gasteiger partial charge in [0.2, 0.25) is 0 Å². The van der Waals surface area contributed by atoms with Crippen molar-refractivity contribution in [1.29, 1.82) is 0 Å². The molecule has 0 fully saturated rings. The van der Waals surface area contributed by atoms with Crippen molar-refractivity contribution in [3.63, 3.8) is 0 Å². The van der Waals surface area contributed by atoms with Gasteiger partial charge in [-0.1, -0.05) is 109 Å². The number of furan rings is 2. The number of hydrogen-bond acceptors (Lipinski definition) is 2. The Bertz CT molecular complexity index is 4070. The van der Waals surface area contributed by atoms with Crippen LogP contribution in [0.1, 0.15) is 16.7 Å². The summed E-state index contributed by atoms with van der Waals surface area (Å²) in [7, 11) is 0. The van der Waals surface area contributed by atoms with Gasteiger partial charge in [-0.15, -0.1) is 0 Å². The first-order chi connectivity index (χ1) is 33.6. The number of rotatable bonds is 4. The van der Waals surface area contributed by atoms with Crippen molar-refractivity contribution >= 4 is 87.5 Å². The highest BCUT2D eigenvalue weighted by molar-refractivity contribution is 6.24. The lowest BCUT2D eigenvalue weighted by Crippen LogP contribution is -2.18. The molecular weight excluding hydrogens is 916 g/mol. The summed E-state index contributed by atoms with van der Waals surface area (Å²) in [6.07, 6.45) is -15.3. The number of para-hydroxylation sites is 4. The number of nitrogens with zero attached hydrogens (tertiary/aromatic N) is 2. The maximum Gasteiger partial charge on any atom is 0.420 e. The predicted molar refractivity (Wildman–Crippen MR) is 256 cm³/mol. The fraction of sp³-hybridized carbons (Fsp3) is 0.0526. The fourth-order valence-electron chi connectivity index (χ4n) is 10.5. The Morgan fingerprint density at radius 2 is 0.714 bits per heavy atom. The molecule has 4 aromatic heterocycles. The highest BCUT2D eigenvalue weighted by Crippen LogP contribution is 2.53. The molecule has 0 atom stereocenters. The molecule has 0 N–H and O–H groups in total. The molecule has 0 saturated heterocycles. The molecule has 0 saturated carbocycles. The third-order valence-corrected chi connectivity index (χ3v) is 13.4. The van der Waals surface area contributed by atoms with Crippen LogP contribution in [0.25, 0.3) is 121 Å². The Labute approximate surface area is 388 Å². The van der Waals surface area contributed by atoms with Gasteiger partial charge in [-0.3, -0.25) is 0 Å². The topological polar surface area (TPSA) is 36.1 Å². The summed E-state index contributed by atoms with van der Waals surface area (Å²) >= 11 is 0. The summed E-state index contributed by atoms with van der Waals surface area (Å²) in [5.41, 5.74) is -3.87. The lowest BCUT2D eigenvalue weighted by Gasteiger charge is -2.27. The Morgan fingerprint density at radius 3 is 1.13 bits per heavy atom. The Balaban J connectivity index is 1.33. The first-order valence-corrected chi connectivity index (χ1v) is 22.0. The third kappa shape index (κ3) is 6.06. The molecule has 4 nitrogen and oxygen atoms in total. The van der Waals surface area contributed by atoms with E-state index in [1.807, 2.05) is 24.3 Å². The van der Waals surface area contributed by atoms with Gasteiger partial charge in [0.05, 0.1) is 44.6 Å². The van der Waals surface area contributed by atoms with Gasteiger partial charge in [0, 0.05) is 54.2 Å². The molecule has 4 heterocycles. The van der Waals surface area contributed by atoms with Gasteiger partial charge in [0.15, 0.2) is 11.2 Å². The number of alkyl halides is 9. The summed E-state index contributed by atoms with van der Waals surface area (Å²) < 4.78 is 157.